The van der Waals surface area contributed by atoms with Crippen molar-refractivity contribution in [2.45, 2.75) is 70.6 Å². The van der Waals surface area contributed by atoms with E-state index in [-0.39, 0.29) is 42.1 Å². The molecule has 33 heavy (non-hydrogen) atoms. The van der Waals surface area contributed by atoms with Gasteiger partial charge in [-0.3, -0.25) is 9.59 Å². The maximum Gasteiger partial charge on any atom is 0.432 e. The molecule has 3 aliphatic rings. The number of nitrogens with one attached hydrogen (secondary N) is 2. The fraction of sp³-hybridized carbons (Fsp3) is 0.826. The molecule has 0 spiro atoms. The van der Waals surface area contributed by atoms with Crippen LogP contribution in [0, 0.1) is 23.7 Å². The first-order chi connectivity index (χ1) is 16.0. The molecule has 3 N–H and O–H groups in total. The molecule has 0 radical (unpaired) electrons. The van der Waals surface area contributed by atoms with E-state index in [1.807, 2.05) is 0 Å². The third-order valence-electron chi connectivity index (χ3n) is 6.99. The molecule has 0 aromatic carbocycles. The van der Waals surface area contributed by atoms with Gasteiger partial charge in [-0.25, -0.2) is 9.59 Å². The molecule has 3 rings (SSSR count). The summed E-state index contributed by atoms with van der Waals surface area (Å²) in [6.45, 7) is 1.50. The van der Waals surface area contributed by atoms with E-state index >= 15 is 0 Å². The van der Waals surface area contributed by atoms with Crippen molar-refractivity contribution in [1.82, 2.24) is 15.7 Å². The van der Waals surface area contributed by atoms with Crippen LogP contribution in [-0.2, 0) is 19.2 Å². The van der Waals surface area contributed by atoms with Crippen LogP contribution in [0.4, 0.5) is 9.59 Å². The SMILES string of the molecule is O=C(NCCCCCCO)OCCCCCCNC(=O)ON1C(=O)C2C3CCC(C3)C2C1=O. The molecule has 186 valence electrons. The Hall–Kier alpha value is -2.36. The lowest BCUT2D eigenvalue weighted by Crippen LogP contribution is -2.39. The molecule has 4 amide bonds. The van der Waals surface area contributed by atoms with Gasteiger partial charge in [-0.1, -0.05) is 19.3 Å². The molecule has 10 nitrogen and oxygen atoms in total. The van der Waals surface area contributed by atoms with E-state index in [2.05, 4.69) is 10.6 Å². The molecule has 2 aliphatic carbocycles. The van der Waals surface area contributed by atoms with Gasteiger partial charge in [0, 0.05) is 19.7 Å². The Labute approximate surface area is 194 Å². The Balaban J connectivity index is 1.16. The molecule has 3 fully saturated rings. The molecule has 1 saturated heterocycles. The molecule has 0 aromatic heterocycles. The summed E-state index contributed by atoms with van der Waals surface area (Å²) in [7, 11) is 0. The fourth-order valence-corrected chi connectivity index (χ4v) is 5.35. The number of fused-ring (bicyclic) bond motifs is 5. The highest BCUT2D eigenvalue weighted by Crippen LogP contribution is 2.56. The lowest BCUT2D eigenvalue weighted by atomic mass is 9.81. The van der Waals surface area contributed by atoms with Crippen molar-refractivity contribution in [2.24, 2.45) is 23.7 Å². The summed E-state index contributed by atoms with van der Waals surface area (Å²) in [5.74, 6) is -0.817. The first kappa shape index (κ1) is 25.3. The highest BCUT2D eigenvalue weighted by Gasteiger charge is 2.62. The Morgan fingerprint density at radius 2 is 1.36 bits per heavy atom. The third-order valence-corrected chi connectivity index (χ3v) is 6.99. The van der Waals surface area contributed by atoms with E-state index in [0.29, 0.717) is 31.2 Å². The zero-order valence-electron chi connectivity index (χ0n) is 19.3. The second kappa shape index (κ2) is 12.8. The number of ether oxygens (including phenoxy) is 1. The number of alkyl carbamates (subject to hydrolysis) is 1. The van der Waals surface area contributed by atoms with Gasteiger partial charge < -0.3 is 25.3 Å². The number of hydrogen-bond acceptors (Lipinski definition) is 7. The Bertz CT molecular complexity index is 674. The van der Waals surface area contributed by atoms with Crippen molar-refractivity contribution in [3.8, 4) is 0 Å². The maximum absolute atomic E-state index is 12.5. The first-order valence-corrected chi connectivity index (χ1v) is 12.4. The number of amides is 4. The Morgan fingerprint density at radius 3 is 1.97 bits per heavy atom. The lowest BCUT2D eigenvalue weighted by Gasteiger charge is -2.18. The summed E-state index contributed by atoms with van der Waals surface area (Å²) in [6, 6.07) is 0. The van der Waals surface area contributed by atoms with Gasteiger partial charge in [-0.05, 0) is 63.2 Å². The van der Waals surface area contributed by atoms with Gasteiger partial charge in [0.2, 0.25) is 0 Å². The van der Waals surface area contributed by atoms with Crippen LogP contribution in [0.3, 0.4) is 0 Å². The third kappa shape index (κ3) is 6.82. The molecule has 4 unspecified atom stereocenters. The van der Waals surface area contributed by atoms with Crippen molar-refractivity contribution in [1.29, 1.82) is 0 Å². The van der Waals surface area contributed by atoms with E-state index in [0.717, 1.165) is 64.2 Å². The van der Waals surface area contributed by atoms with Crippen LogP contribution in [0.5, 0.6) is 0 Å². The van der Waals surface area contributed by atoms with Gasteiger partial charge in [0.25, 0.3) is 11.8 Å². The minimum Gasteiger partial charge on any atom is -0.450 e. The number of aliphatic hydroxyl groups excluding tert-OH is 1. The summed E-state index contributed by atoms with van der Waals surface area (Å²) >= 11 is 0. The summed E-state index contributed by atoms with van der Waals surface area (Å²) in [6.07, 6.45) is 8.42. The predicted molar refractivity (Wildman–Crippen MR) is 118 cm³/mol. The molecule has 1 aliphatic heterocycles. The van der Waals surface area contributed by atoms with E-state index < -0.39 is 12.2 Å². The van der Waals surface area contributed by atoms with Crippen LogP contribution in [0.15, 0.2) is 0 Å². The van der Waals surface area contributed by atoms with Gasteiger partial charge in [0.1, 0.15) is 0 Å². The first-order valence-electron chi connectivity index (χ1n) is 12.4. The van der Waals surface area contributed by atoms with Crippen LogP contribution in [0.2, 0.25) is 0 Å². The summed E-state index contributed by atoms with van der Waals surface area (Å²) < 4.78 is 5.11. The second-order valence-electron chi connectivity index (χ2n) is 9.28. The van der Waals surface area contributed by atoms with Crippen LogP contribution in [0.25, 0.3) is 0 Å². The van der Waals surface area contributed by atoms with Gasteiger partial charge in [-0.15, -0.1) is 5.06 Å². The standard InChI is InChI=1S/C23H37N3O7/c27-13-7-3-1-5-11-24-22(30)32-14-8-4-2-6-12-25-23(31)33-26-20(28)18-16-9-10-17(15-16)19(18)21(26)29/h16-19,27H,1-15H2,(H,24,30)(H,25,31). The van der Waals surface area contributed by atoms with E-state index in [4.69, 9.17) is 14.7 Å². The molecule has 4 atom stereocenters. The normalized spacial score (nSPS) is 25.3. The number of rotatable bonds is 14. The van der Waals surface area contributed by atoms with Crippen molar-refractivity contribution >= 4 is 24.0 Å². The maximum atomic E-state index is 12.5. The predicted octanol–water partition coefficient (Wildman–Crippen LogP) is 2.50. The largest absolute Gasteiger partial charge is 0.450 e. The van der Waals surface area contributed by atoms with Crippen molar-refractivity contribution in [3.63, 3.8) is 0 Å². The minimum absolute atomic E-state index is 0.206. The monoisotopic (exact) mass is 467 g/mol. The van der Waals surface area contributed by atoms with E-state index in [1.54, 1.807) is 0 Å². The second-order valence-corrected chi connectivity index (χ2v) is 9.28. The topological polar surface area (TPSA) is 134 Å². The average Bonchev–Trinajstić information content (AvgIpc) is 3.48. The molecule has 1 heterocycles. The number of hydroxylamine groups is 2. The number of imide groups is 1. The molecule has 2 saturated carbocycles. The summed E-state index contributed by atoms with van der Waals surface area (Å²) in [5, 5.41) is 14.7. The molecular weight excluding hydrogens is 430 g/mol. The van der Waals surface area contributed by atoms with E-state index in [9.17, 15) is 19.2 Å². The average molecular weight is 468 g/mol. The van der Waals surface area contributed by atoms with Gasteiger partial charge in [0.15, 0.2) is 0 Å². The van der Waals surface area contributed by atoms with Crippen LogP contribution in [0.1, 0.15) is 70.6 Å². The highest BCUT2D eigenvalue weighted by molar-refractivity contribution is 6.05. The van der Waals surface area contributed by atoms with Crippen LogP contribution in [-0.4, -0.2) is 60.5 Å². The summed E-state index contributed by atoms with van der Waals surface area (Å²) in [5.41, 5.74) is 0. The van der Waals surface area contributed by atoms with Gasteiger partial charge in [0.05, 0.1) is 18.4 Å². The smallest absolute Gasteiger partial charge is 0.432 e. The van der Waals surface area contributed by atoms with Crippen molar-refractivity contribution < 1.29 is 33.9 Å². The van der Waals surface area contributed by atoms with Crippen molar-refractivity contribution in [3.05, 3.63) is 0 Å². The highest BCUT2D eigenvalue weighted by atomic mass is 16.7. The summed E-state index contributed by atoms with van der Waals surface area (Å²) in [4.78, 5) is 53.6. The Morgan fingerprint density at radius 1 is 0.818 bits per heavy atom. The van der Waals surface area contributed by atoms with Crippen LogP contribution < -0.4 is 10.6 Å². The van der Waals surface area contributed by atoms with Gasteiger partial charge >= 0.3 is 12.2 Å². The molecule has 2 bridgehead atoms. The fourth-order valence-electron chi connectivity index (χ4n) is 5.35. The molecular formula is C23H37N3O7. The van der Waals surface area contributed by atoms with Gasteiger partial charge in [-0.2, -0.15) is 0 Å². The van der Waals surface area contributed by atoms with E-state index in [1.165, 1.54) is 0 Å². The molecule has 0 aromatic rings. The number of aliphatic hydroxyl groups is 1. The lowest BCUT2D eigenvalue weighted by molar-refractivity contribution is -0.174. The number of carbonyl (C=O) groups excluding carboxylic acids is 4. The minimum atomic E-state index is -0.777. The number of unbranched alkanes of at least 4 members (excludes halogenated alkanes) is 6. The number of carbonyl (C=O) groups is 4. The molecule has 10 heteroatoms. The quantitative estimate of drug-likeness (QED) is 0.264. The number of hydrogen-bond donors (Lipinski definition) is 3. The van der Waals surface area contributed by atoms with Crippen LogP contribution >= 0.6 is 0 Å². The van der Waals surface area contributed by atoms with Crippen molar-refractivity contribution in [2.75, 3.05) is 26.3 Å². The zero-order chi connectivity index (χ0) is 23.6. The number of nitrogens with zero attached hydrogens (tertiary/aromatic N) is 1. The Kier molecular flexibility index (Phi) is 9.77. The zero-order valence-corrected chi connectivity index (χ0v) is 19.3.